The van der Waals surface area contributed by atoms with E-state index in [2.05, 4.69) is 126 Å². The van der Waals surface area contributed by atoms with Crippen molar-refractivity contribution in [2.75, 3.05) is 0 Å². The Hall–Kier alpha value is -1.66. The number of benzene rings is 4. The van der Waals surface area contributed by atoms with Gasteiger partial charge in [0.25, 0.3) is 0 Å². The number of hydrogen-bond donors (Lipinski definition) is 0. The third kappa shape index (κ3) is 4.69. The molecule has 3 heteroatoms. The van der Waals surface area contributed by atoms with E-state index in [0.717, 1.165) is 22.3 Å². The van der Waals surface area contributed by atoms with Crippen LogP contribution in [0.15, 0.2) is 84.9 Å². The first-order valence-electron chi connectivity index (χ1n) is 12.3. The molecule has 0 heterocycles. The van der Waals surface area contributed by atoms with Crippen molar-refractivity contribution in [1.82, 2.24) is 0 Å². The first kappa shape index (κ1) is 27.4. The van der Waals surface area contributed by atoms with Gasteiger partial charge in [-0.2, -0.15) is 0 Å². The first-order chi connectivity index (χ1) is 16.4. The standard InChI is InChI=1S/C33H32Cl2.Zr/c1-31(2,3)27-19-25-26-20-28(32(4,5)6)24(22-15-11-8-12-16-22)18-30(26)33(34,35)29(25)17-23(27)21-13-9-7-10-14-21;/h7-20H,1-6H3;. The molecular formula is C33H32Cl2Zr. The minimum Gasteiger partial charge on any atom is -0.0909 e. The second-order valence-electron chi connectivity index (χ2n) is 11.7. The molecule has 0 saturated carbocycles. The van der Waals surface area contributed by atoms with Crippen LogP contribution in [0, 0.1) is 0 Å². The molecule has 182 valence electrons. The third-order valence-corrected chi connectivity index (χ3v) is 7.88. The Morgan fingerprint density at radius 3 is 1.14 bits per heavy atom. The molecular weight excluding hydrogens is 558 g/mol. The second kappa shape index (κ2) is 9.58. The molecule has 0 aromatic heterocycles. The van der Waals surface area contributed by atoms with Crippen LogP contribution < -0.4 is 0 Å². The molecule has 36 heavy (non-hydrogen) atoms. The maximum atomic E-state index is 7.25. The largest absolute Gasteiger partial charge is 0.169 e. The van der Waals surface area contributed by atoms with Gasteiger partial charge in [-0.15, -0.1) is 0 Å². The molecule has 4 aromatic carbocycles. The van der Waals surface area contributed by atoms with Gasteiger partial charge in [-0.25, -0.2) is 0 Å². The Morgan fingerprint density at radius 1 is 0.500 bits per heavy atom. The van der Waals surface area contributed by atoms with Gasteiger partial charge in [0.2, 0.25) is 0 Å². The van der Waals surface area contributed by atoms with Crippen LogP contribution in [0.3, 0.4) is 0 Å². The monoisotopic (exact) mass is 588 g/mol. The SMILES string of the molecule is CC(C)(C)c1cc2c(cc1-c1ccccc1)C(Cl)(Cl)c1cc(-c3ccccc3)c(C(C)(C)C)cc1-2.[Zr]. The van der Waals surface area contributed by atoms with Crippen molar-refractivity contribution in [1.29, 1.82) is 0 Å². The molecule has 0 spiro atoms. The minimum atomic E-state index is -1.12. The van der Waals surface area contributed by atoms with Crippen LogP contribution in [-0.4, -0.2) is 0 Å². The van der Waals surface area contributed by atoms with Crippen molar-refractivity contribution in [2.24, 2.45) is 0 Å². The Kier molecular flexibility index (Phi) is 7.29. The average Bonchev–Trinajstić information content (AvgIpc) is 3.03. The number of alkyl halides is 2. The molecule has 1 aliphatic carbocycles. The van der Waals surface area contributed by atoms with Crippen molar-refractivity contribution < 1.29 is 26.2 Å². The summed E-state index contributed by atoms with van der Waals surface area (Å²) < 4.78 is -1.12. The fraction of sp³-hybridized carbons (Fsp3) is 0.273. The van der Waals surface area contributed by atoms with Gasteiger partial charge in [0, 0.05) is 37.3 Å². The van der Waals surface area contributed by atoms with Crippen molar-refractivity contribution in [3.8, 4) is 33.4 Å². The molecule has 0 N–H and O–H groups in total. The number of halogens is 2. The summed E-state index contributed by atoms with van der Waals surface area (Å²) in [6.07, 6.45) is 0. The maximum absolute atomic E-state index is 7.25. The van der Waals surface area contributed by atoms with E-state index in [1.807, 2.05) is 0 Å². The smallest absolute Gasteiger partial charge is 0.0909 e. The molecule has 0 bridgehead atoms. The molecule has 0 nitrogen and oxygen atoms in total. The van der Waals surface area contributed by atoms with Crippen LogP contribution in [0.2, 0.25) is 0 Å². The van der Waals surface area contributed by atoms with Gasteiger partial charge >= 0.3 is 0 Å². The van der Waals surface area contributed by atoms with Crippen LogP contribution in [0.4, 0.5) is 0 Å². The van der Waals surface area contributed by atoms with Gasteiger partial charge in [-0.05, 0) is 79.6 Å². The molecule has 5 rings (SSSR count). The minimum absolute atomic E-state index is 0. The average molecular weight is 591 g/mol. The maximum Gasteiger partial charge on any atom is 0.169 e. The topological polar surface area (TPSA) is 0 Å². The molecule has 0 amide bonds. The Labute approximate surface area is 245 Å². The van der Waals surface area contributed by atoms with Crippen molar-refractivity contribution in [3.63, 3.8) is 0 Å². The fourth-order valence-electron chi connectivity index (χ4n) is 5.26. The van der Waals surface area contributed by atoms with Gasteiger partial charge in [0.15, 0.2) is 4.33 Å². The van der Waals surface area contributed by atoms with Crippen LogP contribution in [0.1, 0.15) is 63.8 Å². The molecule has 4 aromatic rings. The Morgan fingerprint density at radius 2 is 0.833 bits per heavy atom. The Balaban J connectivity index is 0.00000304. The molecule has 0 radical (unpaired) electrons. The molecule has 0 saturated heterocycles. The zero-order valence-corrected chi connectivity index (χ0v) is 25.8. The molecule has 1 aliphatic rings. The number of fused-ring (bicyclic) bond motifs is 3. The van der Waals surface area contributed by atoms with E-state index in [4.69, 9.17) is 23.2 Å². The second-order valence-corrected chi connectivity index (χ2v) is 13.0. The number of hydrogen-bond acceptors (Lipinski definition) is 0. The van der Waals surface area contributed by atoms with Crippen LogP contribution in [0.25, 0.3) is 33.4 Å². The summed E-state index contributed by atoms with van der Waals surface area (Å²) in [5.41, 5.74) is 11.5. The summed E-state index contributed by atoms with van der Waals surface area (Å²) in [5, 5.41) is 0. The van der Waals surface area contributed by atoms with E-state index >= 15 is 0 Å². The normalized spacial score (nSPS) is 14.1. The molecule has 0 aliphatic heterocycles. The van der Waals surface area contributed by atoms with Gasteiger partial charge in [0.1, 0.15) is 0 Å². The van der Waals surface area contributed by atoms with Crippen molar-refractivity contribution in [2.45, 2.75) is 56.7 Å². The van der Waals surface area contributed by atoms with Crippen LogP contribution in [-0.2, 0) is 41.4 Å². The van der Waals surface area contributed by atoms with Gasteiger partial charge < -0.3 is 0 Å². The summed E-state index contributed by atoms with van der Waals surface area (Å²) in [6, 6.07) is 30.2. The molecule has 0 fully saturated rings. The number of rotatable bonds is 2. The quantitative estimate of drug-likeness (QED) is 0.204. The van der Waals surface area contributed by atoms with Gasteiger partial charge in [-0.1, -0.05) is 125 Å². The summed E-state index contributed by atoms with van der Waals surface area (Å²) in [5.74, 6) is 0. The van der Waals surface area contributed by atoms with Crippen molar-refractivity contribution in [3.05, 3.63) is 107 Å². The third-order valence-electron chi connectivity index (χ3n) is 7.07. The van der Waals surface area contributed by atoms with Crippen molar-refractivity contribution >= 4 is 23.2 Å². The summed E-state index contributed by atoms with van der Waals surface area (Å²) in [7, 11) is 0. The summed E-state index contributed by atoms with van der Waals surface area (Å²) in [4.78, 5) is 0. The summed E-state index contributed by atoms with van der Waals surface area (Å²) in [6.45, 7) is 13.6. The molecule has 0 unspecified atom stereocenters. The van der Waals surface area contributed by atoms with Gasteiger partial charge in [-0.3, -0.25) is 0 Å². The first-order valence-corrected chi connectivity index (χ1v) is 13.0. The van der Waals surface area contributed by atoms with E-state index in [0.29, 0.717) is 0 Å². The zero-order valence-electron chi connectivity index (χ0n) is 21.8. The fourth-order valence-corrected chi connectivity index (χ4v) is 5.89. The molecule has 0 atom stereocenters. The van der Waals surface area contributed by atoms with Gasteiger partial charge in [0.05, 0.1) is 0 Å². The Bertz CT molecular complexity index is 1300. The van der Waals surface area contributed by atoms with E-state index in [1.54, 1.807) is 0 Å². The zero-order chi connectivity index (χ0) is 25.2. The van der Waals surface area contributed by atoms with E-state index < -0.39 is 4.33 Å². The summed E-state index contributed by atoms with van der Waals surface area (Å²) >= 11 is 14.5. The van der Waals surface area contributed by atoms with Crippen LogP contribution >= 0.6 is 23.2 Å². The predicted octanol–water partition coefficient (Wildman–Crippen LogP) is 10.3. The van der Waals surface area contributed by atoms with E-state index in [1.165, 1.54) is 33.4 Å². The van der Waals surface area contributed by atoms with Crippen LogP contribution in [0.5, 0.6) is 0 Å². The predicted molar refractivity (Wildman–Crippen MR) is 153 cm³/mol. The van der Waals surface area contributed by atoms with E-state index in [9.17, 15) is 0 Å². The van der Waals surface area contributed by atoms with E-state index in [-0.39, 0.29) is 37.0 Å².